The lowest BCUT2D eigenvalue weighted by molar-refractivity contribution is -0.188. The van der Waals surface area contributed by atoms with E-state index in [9.17, 15) is 31.5 Å². The molecule has 0 aliphatic carbocycles. The van der Waals surface area contributed by atoms with Gasteiger partial charge in [0.05, 0.1) is 18.3 Å². The maximum atomic E-state index is 13.5. The zero-order valence-corrected chi connectivity index (χ0v) is 11.6. The Balaban J connectivity index is 2.16. The molecular formula is C14H12F5NO3. The minimum Gasteiger partial charge on any atom is -0.481 e. The predicted octanol–water partition coefficient (Wildman–Crippen LogP) is 2.23. The van der Waals surface area contributed by atoms with Crippen molar-refractivity contribution in [2.75, 3.05) is 13.1 Å². The Hall–Kier alpha value is -2.19. The molecule has 1 aliphatic rings. The van der Waals surface area contributed by atoms with E-state index in [1.54, 1.807) is 0 Å². The lowest BCUT2D eigenvalue weighted by Gasteiger charge is -2.18. The molecule has 1 fully saturated rings. The van der Waals surface area contributed by atoms with Crippen LogP contribution in [0, 0.1) is 23.5 Å². The highest BCUT2D eigenvalue weighted by Gasteiger charge is 2.53. The van der Waals surface area contributed by atoms with E-state index >= 15 is 0 Å². The third kappa shape index (κ3) is 3.59. The zero-order valence-electron chi connectivity index (χ0n) is 11.6. The largest absolute Gasteiger partial charge is 0.481 e. The first-order valence-electron chi connectivity index (χ1n) is 6.61. The van der Waals surface area contributed by atoms with Crippen molar-refractivity contribution in [1.29, 1.82) is 0 Å². The van der Waals surface area contributed by atoms with Crippen molar-refractivity contribution >= 4 is 11.9 Å². The van der Waals surface area contributed by atoms with Gasteiger partial charge in [-0.25, -0.2) is 8.78 Å². The highest BCUT2D eigenvalue weighted by atomic mass is 19.4. The van der Waals surface area contributed by atoms with Crippen LogP contribution < -0.4 is 0 Å². The molecule has 9 heteroatoms. The number of carbonyl (C=O) groups is 2. The van der Waals surface area contributed by atoms with Gasteiger partial charge < -0.3 is 10.0 Å². The molecule has 1 N–H and O–H groups in total. The molecule has 1 amide bonds. The Morgan fingerprint density at radius 3 is 2.17 bits per heavy atom. The quantitative estimate of drug-likeness (QED) is 0.861. The summed E-state index contributed by atoms with van der Waals surface area (Å²) in [5.74, 6) is -8.58. The third-order valence-corrected chi connectivity index (χ3v) is 3.80. The number of carbonyl (C=O) groups excluding carboxylic acids is 1. The summed E-state index contributed by atoms with van der Waals surface area (Å²) >= 11 is 0. The lowest BCUT2D eigenvalue weighted by Crippen LogP contribution is -2.34. The van der Waals surface area contributed by atoms with E-state index in [0.29, 0.717) is 4.90 Å². The van der Waals surface area contributed by atoms with Crippen LogP contribution in [0.5, 0.6) is 0 Å². The van der Waals surface area contributed by atoms with Crippen molar-refractivity contribution in [2.24, 2.45) is 11.8 Å². The first-order valence-corrected chi connectivity index (χ1v) is 6.61. The number of benzene rings is 1. The van der Waals surface area contributed by atoms with E-state index in [1.165, 1.54) is 0 Å². The van der Waals surface area contributed by atoms with Gasteiger partial charge in [0, 0.05) is 18.7 Å². The normalized spacial score (nSPS) is 21.5. The summed E-state index contributed by atoms with van der Waals surface area (Å²) < 4.78 is 65.5. The number of amides is 1. The molecule has 0 saturated carbocycles. The molecule has 2 rings (SSSR count). The number of halogens is 5. The van der Waals surface area contributed by atoms with Crippen molar-refractivity contribution in [3.05, 3.63) is 35.4 Å². The molecule has 0 spiro atoms. The first-order chi connectivity index (χ1) is 10.6. The second kappa shape index (κ2) is 6.13. The molecule has 23 heavy (non-hydrogen) atoms. The van der Waals surface area contributed by atoms with E-state index in [4.69, 9.17) is 5.11 Å². The van der Waals surface area contributed by atoms with Crippen LogP contribution in [0.1, 0.15) is 5.56 Å². The summed E-state index contributed by atoms with van der Waals surface area (Å²) in [6.07, 6.45) is -5.54. The van der Waals surface area contributed by atoms with E-state index in [1.807, 2.05) is 0 Å². The first kappa shape index (κ1) is 17.2. The van der Waals surface area contributed by atoms with Crippen LogP contribution in [-0.4, -0.2) is 41.1 Å². The van der Waals surface area contributed by atoms with E-state index in [0.717, 1.165) is 18.2 Å². The highest BCUT2D eigenvalue weighted by molar-refractivity contribution is 5.81. The Morgan fingerprint density at radius 1 is 1.17 bits per heavy atom. The number of nitrogens with zero attached hydrogens (tertiary/aromatic N) is 1. The number of aliphatic carboxylic acids is 1. The lowest BCUT2D eigenvalue weighted by atomic mass is 9.96. The topological polar surface area (TPSA) is 57.6 Å². The van der Waals surface area contributed by atoms with Crippen LogP contribution in [0.4, 0.5) is 22.0 Å². The molecule has 0 radical (unpaired) electrons. The number of alkyl halides is 3. The van der Waals surface area contributed by atoms with Gasteiger partial charge in [0.15, 0.2) is 0 Å². The molecule has 1 saturated heterocycles. The average Bonchev–Trinajstić information content (AvgIpc) is 2.88. The maximum absolute atomic E-state index is 13.5. The molecule has 1 aliphatic heterocycles. The van der Waals surface area contributed by atoms with Crippen LogP contribution in [0.3, 0.4) is 0 Å². The van der Waals surface area contributed by atoms with Gasteiger partial charge in [0.2, 0.25) is 5.91 Å². The van der Waals surface area contributed by atoms with Gasteiger partial charge in [-0.1, -0.05) is 6.07 Å². The Labute approximate surface area is 127 Å². The minimum absolute atomic E-state index is 0.556. The average molecular weight is 337 g/mol. The smallest absolute Gasteiger partial charge is 0.394 e. The van der Waals surface area contributed by atoms with Crippen LogP contribution in [0.25, 0.3) is 0 Å². The fraction of sp³-hybridized carbons (Fsp3) is 0.429. The van der Waals surface area contributed by atoms with Gasteiger partial charge in [-0.15, -0.1) is 0 Å². The van der Waals surface area contributed by atoms with Gasteiger partial charge in [-0.2, -0.15) is 13.2 Å². The number of carboxylic acid groups (broad SMARTS) is 1. The van der Waals surface area contributed by atoms with Gasteiger partial charge in [-0.3, -0.25) is 9.59 Å². The second-order valence-corrected chi connectivity index (χ2v) is 5.27. The second-order valence-electron chi connectivity index (χ2n) is 5.27. The number of hydrogen-bond acceptors (Lipinski definition) is 2. The Morgan fingerprint density at radius 2 is 1.74 bits per heavy atom. The molecular weight excluding hydrogens is 325 g/mol. The molecule has 2 atom stereocenters. The standard InChI is InChI=1S/C14H12F5NO3/c15-10-2-1-3-11(16)7(10)4-12(21)20-5-8(13(22)23)9(6-20)14(17,18)19/h1-3,8-9H,4-6H2,(H,22,23)/t8-,9-/m1/s1. The minimum atomic E-state index is -4.78. The summed E-state index contributed by atoms with van der Waals surface area (Å²) in [6.45, 7) is -1.48. The van der Waals surface area contributed by atoms with Gasteiger partial charge in [0.1, 0.15) is 11.6 Å². The molecule has 0 aromatic heterocycles. The van der Waals surface area contributed by atoms with Crippen molar-refractivity contribution in [2.45, 2.75) is 12.6 Å². The van der Waals surface area contributed by atoms with Crippen molar-refractivity contribution in [1.82, 2.24) is 4.90 Å². The van der Waals surface area contributed by atoms with Crippen LogP contribution in [0.15, 0.2) is 18.2 Å². The van der Waals surface area contributed by atoms with Crippen LogP contribution in [0.2, 0.25) is 0 Å². The van der Waals surface area contributed by atoms with Gasteiger partial charge >= 0.3 is 12.1 Å². The molecule has 1 aromatic carbocycles. The summed E-state index contributed by atoms with van der Waals surface area (Å²) in [7, 11) is 0. The van der Waals surface area contributed by atoms with E-state index in [-0.39, 0.29) is 0 Å². The Bertz CT molecular complexity index is 611. The summed E-state index contributed by atoms with van der Waals surface area (Å²) in [6, 6.07) is 2.94. The van der Waals surface area contributed by atoms with Gasteiger partial charge in [-0.05, 0) is 12.1 Å². The fourth-order valence-electron chi connectivity index (χ4n) is 2.55. The third-order valence-electron chi connectivity index (χ3n) is 3.80. The number of likely N-dealkylation sites (tertiary alicyclic amines) is 1. The van der Waals surface area contributed by atoms with E-state index < -0.39 is 66.6 Å². The van der Waals surface area contributed by atoms with Crippen molar-refractivity contribution in [3.8, 4) is 0 Å². The van der Waals surface area contributed by atoms with E-state index in [2.05, 4.69) is 0 Å². The highest BCUT2D eigenvalue weighted by Crippen LogP contribution is 2.38. The monoisotopic (exact) mass is 337 g/mol. The molecule has 1 aromatic rings. The molecule has 1 heterocycles. The fourth-order valence-corrected chi connectivity index (χ4v) is 2.55. The maximum Gasteiger partial charge on any atom is 0.394 e. The SMILES string of the molecule is O=C(O)[C@@H]1CN(C(=O)Cc2c(F)cccc2F)C[C@H]1C(F)(F)F. The van der Waals surface area contributed by atoms with Crippen molar-refractivity contribution in [3.63, 3.8) is 0 Å². The number of hydrogen-bond donors (Lipinski definition) is 1. The Kier molecular flexibility index (Phi) is 4.58. The predicted molar refractivity (Wildman–Crippen MR) is 67.3 cm³/mol. The van der Waals surface area contributed by atoms with Crippen molar-refractivity contribution < 1.29 is 36.6 Å². The molecule has 4 nitrogen and oxygen atoms in total. The zero-order chi connectivity index (χ0) is 17.4. The molecule has 126 valence electrons. The van der Waals surface area contributed by atoms with Crippen LogP contribution >= 0.6 is 0 Å². The number of rotatable bonds is 3. The van der Waals surface area contributed by atoms with Gasteiger partial charge in [0.25, 0.3) is 0 Å². The summed E-state index contributed by atoms with van der Waals surface area (Å²) in [5.41, 5.74) is -0.556. The number of carboxylic acids is 1. The molecule has 0 unspecified atom stereocenters. The summed E-state index contributed by atoms with van der Waals surface area (Å²) in [4.78, 5) is 23.6. The van der Waals surface area contributed by atoms with Crippen LogP contribution in [-0.2, 0) is 16.0 Å². The molecule has 0 bridgehead atoms. The summed E-state index contributed by atoms with van der Waals surface area (Å²) in [5, 5.41) is 8.87.